The Labute approximate surface area is 156 Å². The van der Waals surface area contributed by atoms with Crippen molar-refractivity contribution in [2.45, 2.75) is 13.8 Å². The first-order valence-electron chi connectivity index (χ1n) is 7.79. The highest BCUT2D eigenvalue weighted by Gasteiger charge is 2.08. The van der Waals surface area contributed by atoms with Gasteiger partial charge in [0.1, 0.15) is 0 Å². The molecule has 0 radical (unpaired) electrons. The molecule has 3 aromatic rings. The lowest BCUT2D eigenvalue weighted by Gasteiger charge is -2.03. The lowest BCUT2D eigenvalue weighted by Crippen LogP contribution is -2.07. The Bertz CT molecular complexity index is 946. The number of aromatic nitrogens is 1. The van der Waals surface area contributed by atoms with Crippen LogP contribution in [0.2, 0.25) is 5.02 Å². The summed E-state index contributed by atoms with van der Waals surface area (Å²) >= 11 is 7.34. The topological polar surface area (TPSA) is 42.0 Å². The molecule has 0 saturated heterocycles. The standard InChI is InChI=1S/C20H17ClN2OS/c1-13-6-8-17(14(2)10-13)18-12-25-20(22-18)23-19(24)9-7-15-4-3-5-16(21)11-15/h3-12H,1-2H3,(H,22,23,24). The van der Waals surface area contributed by atoms with E-state index in [9.17, 15) is 4.79 Å². The monoisotopic (exact) mass is 368 g/mol. The molecule has 126 valence electrons. The van der Waals surface area contributed by atoms with E-state index in [0.717, 1.165) is 16.8 Å². The molecule has 25 heavy (non-hydrogen) atoms. The van der Waals surface area contributed by atoms with Gasteiger partial charge < -0.3 is 0 Å². The molecule has 1 heterocycles. The number of hydrogen-bond acceptors (Lipinski definition) is 3. The number of amides is 1. The summed E-state index contributed by atoms with van der Waals surface area (Å²) in [5, 5.41) is 5.97. The highest BCUT2D eigenvalue weighted by Crippen LogP contribution is 2.28. The summed E-state index contributed by atoms with van der Waals surface area (Å²) in [5.41, 5.74) is 5.21. The highest BCUT2D eigenvalue weighted by molar-refractivity contribution is 7.14. The Morgan fingerprint density at radius 2 is 2.04 bits per heavy atom. The largest absolute Gasteiger partial charge is 0.298 e. The van der Waals surface area contributed by atoms with E-state index in [4.69, 9.17) is 11.6 Å². The van der Waals surface area contributed by atoms with Crippen LogP contribution < -0.4 is 5.32 Å². The minimum Gasteiger partial charge on any atom is -0.298 e. The molecule has 0 bridgehead atoms. The maximum absolute atomic E-state index is 12.1. The van der Waals surface area contributed by atoms with Crippen molar-refractivity contribution >= 4 is 40.1 Å². The fraction of sp³-hybridized carbons (Fsp3) is 0.100. The van der Waals surface area contributed by atoms with Crippen LogP contribution in [0, 0.1) is 13.8 Å². The van der Waals surface area contributed by atoms with E-state index >= 15 is 0 Å². The second-order valence-corrected chi connectivity index (χ2v) is 7.03. The number of hydrogen-bond donors (Lipinski definition) is 1. The molecule has 3 rings (SSSR count). The van der Waals surface area contributed by atoms with Crippen molar-refractivity contribution < 1.29 is 4.79 Å². The molecule has 1 aromatic heterocycles. The van der Waals surface area contributed by atoms with Crippen LogP contribution in [0.4, 0.5) is 5.13 Å². The van der Waals surface area contributed by atoms with Crippen LogP contribution in [-0.2, 0) is 4.79 Å². The predicted molar refractivity (Wildman–Crippen MR) is 106 cm³/mol. The Hall–Kier alpha value is -2.43. The first-order valence-corrected chi connectivity index (χ1v) is 9.05. The molecule has 2 aromatic carbocycles. The lowest BCUT2D eigenvalue weighted by molar-refractivity contribution is -0.111. The van der Waals surface area contributed by atoms with E-state index in [-0.39, 0.29) is 5.91 Å². The summed E-state index contributed by atoms with van der Waals surface area (Å²) in [6.07, 6.45) is 3.20. The zero-order valence-electron chi connectivity index (χ0n) is 13.9. The van der Waals surface area contributed by atoms with Gasteiger partial charge in [-0.15, -0.1) is 11.3 Å². The van der Waals surface area contributed by atoms with Gasteiger partial charge in [0.15, 0.2) is 5.13 Å². The van der Waals surface area contributed by atoms with Crippen molar-refractivity contribution in [1.82, 2.24) is 4.98 Å². The van der Waals surface area contributed by atoms with E-state index < -0.39 is 0 Å². The van der Waals surface area contributed by atoms with Gasteiger partial charge in [-0.25, -0.2) is 4.98 Å². The number of aryl methyl sites for hydroxylation is 2. The number of carbonyl (C=O) groups excluding carboxylic acids is 1. The van der Waals surface area contributed by atoms with E-state index in [1.54, 1.807) is 18.2 Å². The van der Waals surface area contributed by atoms with Crippen molar-refractivity contribution in [2.24, 2.45) is 0 Å². The van der Waals surface area contributed by atoms with Gasteiger partial charge in [0.2, 0.25) is 5.91 Å². The van der Waals surface area contributed by atoms with Crippen LogP contribution in [0.15, 0.2) is 53.9 Å². The SMILES string of the molecule is Cc1ccc(-c2csc(NC(=O)C=Cc3cccc(Cl)c3)n2)c(C)c1. The van der Waals surface area contributed by atoms with Gasteiger partial charge in [-0.2, -0.15) is 0 Å². The number of anilines is 1. The van der Waals surface area contributed by atoms with Crippen LogP contribution in [0.3, 0.4) is 0 Å². The minimum absolute atomic E-state index is 0.221. The molecule has 1 amide bonds. The zero-order chi connectivity index (χ0) is 17.8. The molecule has 0 spiro atoms. The molecule has 0 aliphatic rings. The number of halogens is 1. The average molecular weight is 369 g/mol. The van der Waals surface area contributed by atoms with E-state index in [2.05, 4.69) is 42.3 Å². The fourth-order valence-electron chi connectivity index (χ4n) is 2.49. The van der Waals surface area contributed by atoms with Crippen molar-refractivity contribution in [3.05, 3.63) is 75.6 Å². The molecule has 1 N–H and O–H groups in total. The summed E-state index contributed by atoms with van der Waals surface area (Å²) < 4.78 is 0. The van der Waals surface area contributed by atoms with Gasteiger partial charge in [0.05, 0.1) is 5.69 Å². The van der Waals surface area contributed by atoms with Crippen molar-refractivity contribution in [2.75, 3.05) is 5.32 Å². The Morgan fingerprint density at radius 1 is 1.20 bits per heavy atom. The third kappa shape index (κ3) is 4.56. The third-order valence-corrected chi connectivity index (χ3v) is 4.66. The van der Waals surface area contributed by atoms with Gasteiger partial charge in [-0.05, 0) is 43.2 Å². The molecule has 0 fully saturated rings. The van der Waals surface area contributed by atoms with Gasteiger partial charge in [-0.1, -0.05) is 47.5 Å². The second-order valence-electron chi connectivity index (χ2n) is 5.73. The van der Waals surface area contributed by atoms with E-state index in [1.165, 1.54) is 28.5 Å². The minimum atomic E-state index is -0.221. The Kier molecular flexibility index (Phi) is 5.31. The zero-order valence-corrected chi connectivity index (χ0v) is 15.5. The van der Waals surface area contributed by atoms with Gasteiger partial charge in [0.25, 0.3) is 0 Å². The van der Waals surface area contributed by atoms with Crippen LogP contribution in [-0.4, -0.2) is 10.9 Å². The number of benzene rings is 2. The Morgan fingerprint density at radius 3 is 2.80 bits per heavy atom. The average Bonchev–Trinajstić information content (AvgIpc) is 3.01. The summed E-state index contributed by atoms with van der Waals surface area (Å²) in [6, 6.07) is 13.6. The maximum Gasteiger partial charge on any atom is 0.250 e. The highest BCUT2D eigenvalue weighted by atomic mass is 35.5. The number of nitrogens with zero attached hydrogens (tertiary/aromatic N) is 1. The molecule has 0 aliphatic heterocycles. The van der Waals surface area contributed by atoms with Crippen molar-refractivity contribution in [3.8, 4) is 11.3 Å². The van der Waals surface area contributed by atoms with Crippen LogP contribution in [0.5, 0.6) is 0 Å². The number of rotatable bonds is 4. The number of thiazole rings is 1. The van der Waals surface area contributed by atoms with Crippen LogP contribution in [0.1, 0.15) is 16.7 Å². The Balaban J connectivity index is 1.69. The molecule has 0 aliphatic carbocycles. The fourth-order valence-corrected chi connectivity index (χ4v) is 3.40. The van der Waals surface area contributed by atoms with Crippen molar-refractivity contribution in [3.63, 3.8) is 0 Å². The molecule has 0 saturated carbocycles. The summed E-state index contributed by atoms with van der Waals surface area (Å²) in [6.45, 7) is 4.13. The molecule has 0 atom stereocenters. The maximum atomic E-state index is 12.1. The lowest BCUT2D eigenvalue weighted by atomic mass is 10.0. The predicted octanol–water partition coefficient (Wildman–Crippen LogP) is 5.73. The van der Waals surface area contributed by atoms with Crippen molar-refractivity contribution in [1.29, 1.82) is 0 Å². The molecule has 0 unspecified atom stereocenters. The first-order chi connectivity index (χ1) is 12.0. The molecular weight excluding hydrogens is 352 g/mol. The first kappa shape index (κ1) is 17.4. The molecule has 5 heteroatoms. The van der Waals surface area contributed by atoms with E-state index in [0.29, 0.717) is 10.2 Å². The van der Waals surface area contributed by atoms with Crippen LogP contribution in [0.25, 0.3) is 17.3 Å². The van der Waals surface area contributed by atoms with Gasteiger partial charge >= 0.3 is 0 Å². The quantitative estimate of drug-likeness (QED) is 0.597. The van der Waals surface area contributed by atoms with Crippen LogP contribution >= 0.6 is 22.9 Å². The molecular formula is C20H17ClN2OS. The van der Waals surface area contributed by atoms with Gasteiger partial charge in [-0.3, -0.25) is 10.1 Å². The normalized spacial score (nSPS) is 11.0. The second kappa shape index (κ2) is 7.64. The number of nitrogens with one attached hydrogen (secondary N) is 1. The summed E-state index contributed by atoms with van der Waals surface area (Å²) in [4.78, 5) is 16.6. The molecule has 3 nitrogen and oxygen atoms in total. The van der Waals surface area contributed by atoms with E-state index in [1.807, 2.05) is 17.5 Å². The van der Waals surface area contributed by atoms with Gasteiger partial charge in [0, 0.05) is 22.0 Å². The smallest absolute Gasteiger partial charge is 0.250 e. The number of carbonyl (C=O) groups is 1. The third-order valence-electron chi connectivity index (χ3n) is 3.67. The summed E-state index contributed by atoms with van der Waals surface area (Å²) in [7, 11) is 0. The summed E-state index contributed by atoms with van der Waals surface area (Å²) in [5.74, 6) is -0.221.